The summed E-state index contributed by atoms with van der Waals surface area (Å²) in [6.07, 6.45) is 7.20. The molecular weight excluding hydrogens is 309 g/mol. The number of carbonyl (C=O) groups excluding carboxylic acids is 1. The lowest BCUT2D eigenvalue weighted by Gasteiger charge is -2.55. The standard InChI is InChI=1S/C18H24FN3O2/c1-24-18(14-7-8-21-16(15(14)19)17(20)23)11-3-2-4-12(18)10-22(9-11)13-5-6-13/h7-8,11-13H,2-6,9-10H2,1H3,(H2,20,23)/t11-,12+,18?. The second kappa shape index (κ2) is 5.77. The van der Waals surface area contributed by atoms with E-state index in [4.69, 9.17) is 10.5 Å². The van der Waals surface area contributed by atoms with E-state index in [1.807, 2.05) is 0 Å². The Labute approximate surface area is 141 Å². The van der Waals surface area contributed by atoms with Crippen molar-refractivity contribution in [1.82, 2.24) is 9.88 Å². The van der Waals surface area contributed by atoms with Crippen LogP contribution in [0.2, 0.25) is 0 Å². The van der Waals surface area contributed by atoms with E-state index in [0.29, 0.717) is 11.6 Å². The van der Waals surface area contributed by atoms with Gasteiger partial charge in [0, 0.05) is 49.8 Å². The SMILES string of the molecule is COC1(c2ccnc(C(N)=O)c2F)[C@@H]2CCC[C@H]1CN(C1CC1)C2. The molecule has 2 aliphatic carbocycles. The van der Waals surface area contributed by atoms with Crippen LogP contribution in [0.4, 0.5) is 4.39 Å². The average molecular weight is 333 g/mol. The number of nitrogens with two attached hydrogens (primary N) is 1. The van der Waals surface area contributed by atoms with Crippen molar-refractivity contribution in [3.63, 3.8) is 0 Å². The Morgan fingerprint density at radius 3 is 2.54 bits per heavy atom. The van der Waals surface area contributed by atoms with Crippen molar-refractivity contribution in [2.45, 2.75) is 43.7 Å². The predicted octanol–water partition coefficient (Wildman–Crippen LogP) is 2.06. The highest BCUT2D eigenvalue weighted by Crippen LogP contribution is 2.53. The maximum absolute atomic E-state index is 15.1. The van der Waals surface area contributed by atoms with Gasteiger partial charge in [-0.05, 0) is 31.7 Å². The molecular formula is C18H24FN3O2. The van der Waals surface area contributed by atoms with Crippen molar-refractivity contribution in [2.24, 2.45) is 17.6 Å². The van der Waals surface area contributed by atoms with Crippen LogP contribution in [0.5, 0.6) is 0 Å². The van der Waals surface area contributed by atoms with E-state index in [1.165, 1.54) is 19.0 Å². The number of likely N-dealkylation sites (tertiary alicyclic amines) is 1. The maximum Gasteiger partial charge on any atom is 0.270 e. The van der Waals surface area contributed by atoms with Crippen LogP contribution in [0.1, 0.15) is 48.2 Å². The van der Waals surface area contributed by atoms with Crippen molar-refractivity contribution >= 4 is 5.91 Å². The summed E-state index contributed by atoms with van der Waals surface area (Å²) in [5.74, 6) is -0.980. The summed E-state index contributed by atoms with van der Waals surface area (Å²) in [4.78, 5) is 17.9. The zero-order valence-corrected chi connectivity index (χ0v) is 14.0. The third kappa shape index (κ3) is 2.27. The Kier molecular flexibility index (Phi) is 3.84. The number of aromatic nitrogens is 1. The number of carbonyl (C=O) groups is 1. The summed E-state index contributed by atoms with van der Waals surface area (Å²) in [5.41, 5.74) is 4.79. The number of halogens is 1. The van der Waals surface area contributed by atoms with Crippen LogP contribution in [-0.2, 0) is 10.3 Å². The number of fused-ring (bicyclic) bond motifs is 2. The smallest absolute Gasteiger partial charge is 0.270 e. The number of rotatable bonds is 4. The lowest BCUT2D eigenvalue weighted by atomic mass is 9.62. The van der Waals surface area contributed by atoms with Gasteiger partial charge in [0.05, 0.1) is 0 Å². The molecule has 1 saturated heterocycles. The molecule has 1 aromatic rings. The van der Waals surface area contributed by atoms with Crippen molar-refractivity contribution < 1.29 is 13.9 Å². The summed E-state index contributed by atoms with van der Waals surface area (Å²) in [7, 11) is 1.67. The maximum atomic E-state index is 15.1. The van der Waals surface area contributed by atoms with Crippen LogP contribution in [-0.4, -0.2) is 42.0 Å². The van der Waals surface area contributed by atoms with E-state index in [9.17, 15) is 4.79 Å². The molecule has 2 heterocycles. The lowest BCUT2D eigenvalue weighted by molar-refractivity contribution is -0.171. The highest BCUT2D eigenvalue weighted by Gasteiger charge is 2.56. The van der Waals surface area contributed by atoms with Crippen molar-refractivity contribution in [1.29, 1.82) is 0 Å². The Morgan fingerprint density at radius 2 is 2.00 bits per heavy atom. The Bertz CT molecular complexity index is 648. The van der Waals surface area contributed by atoms with Gasteiger partial charge in [-0.25, -0.2) is 9.37 Å². The molecule has 2 N–H and O–H groups in total. The fourth-order valence-corrected chi connectivity index (χ4v) is 5.01. The molecule has 1 aromatic heterocycles. The molecule has 1 unspecified atom stereocenters. The molecule has 0 spiro atoms. The van der Waals surface area contributed by atoms with Gasteiger partial charge in [0.15, 0.2) is 11.5 Å². The molecule has 6 heteroatoms. The minimum atomic E-state index is -0.832. The van der Waals surface area contributed by atoms with E-state index in [2.05, 4.69) is 9.88 Å². The van der Waals surface area contributed by atoms with E-state index in [1.54, 1.807) is 13.2 Å². The van der Waals surface area contributed by atoms with Crippen LogP contribution < -0.4 is 5.73 Å². The number of hydrogen-bond donors (Lipinski definition) is 1. The highest BCUT2D eigenvalue weighted by atomic mass is 19.1. The molecule has 0 radical (unpaired) electrons. The molecule has 4 rings (SSSR count). The Hall–Kier alpha value is -1.53. The van der Waals surface area contributed by atoms with E-state index >= 15 is 4.39 Å². The van der Waals surface area contributed by atoms with E-state index in [0.717, 1.165) is 32.4 Å². The monoisotopic (exact) mass is 333 g/mol. The number of methoxy groups -OCH3 is 1. The van der Waals surface area contributed by atoms with Gasteiger partial charge < -0.3 is 10.5 Å². The third-order valence-corrected chi connectivity index (χ3v) is 6.17. The fraction of sp³-hybridized carbons (Fsp3) is 0.667. The molecule has 24 heavy (non-hydrogen) atoms. The molecule has 2 saturated carbocycles. The first-order valence-electron chi connectivity index (χ1n) is 8.82. The fourth-order valence-electron chi connectivity index (χ4n) is 5.01. The van der Waals surface area contributed by atoms with Gasteiger partial charge in [-0.15, -0.1) is 0 Å². The first-order chi connectivity index (χ1) is 11.6. The molecule has 5 nitrogen and oxygen atoms in total. The van der Waals surface area contributed by atoms with Gasteiger partial charge in [-0.2, -0.15) is 0 Å². The summed E-state index contributed by atoms with van der Waals surface area (Å²) in [6.45, 7) is 1.87. The van der Waals surface area contributed by atoms with Gasteiger partial charge in [0.1, 0.15) is 5.60 Å². The molecule has 3 fully saturated rings. The lowest BCUT2D eigenvalue weighted by Crippen LogP contribution is -2.59. The second-order valence-electron chi connectivity index (χ2n) is 7.39. The van der Waals surface area contributed by atoms with Gasteiger partial charge in [0.25, 0.3) is 5.91 Å². The van der Waals surface area contributed by atoms with Crippen LogP contribution in [0.25, 0.3) is 0 Å². The van der Waals surface area contributed by atoms with Crippen LogP contribution >= 0.6 is 0 Å². The molecule has 130 valence electrons. The third-order valence-electron chi connectivity index (χ3n) is 6.17. The number of primary amides is 1. The van der Waals surface area contributed by atoms with Crippen molar-refractivity contribution in [2.75, 3.05) is 20.2 Å². The Morgan fingerprint density at radius 1 is 1.33 bits per heavy atom. The van der Waals surface area contributed by atoms with Crippen LogP contribution in [0.15, 0.2) is 12.3 Å². The number of piperidine rings is 1. The number of amides is 1. The van der Waals surface area contributed by atoms with Crippen molar-refractivity contribution in [3.8, 4) is 0 Å². The molecule has 3 aliphatic rings. The highest BCUT2D eigenvalue weighted by molar-refractivity contribution is 5.91. The Balaban J connectivity index is 1.79. The molecule has 0 aromatic carbocycles. The number of nitrogens with zero attached hydrogens (tertiary/aromatic N) is 2. The quantitative estimate of drug-likeness (QED) is 0.916. The predicted molar refractivity (Wildman–Crippen MR) is 86.8 cm³/mol. The first kappa shape index (κ1) is 16.0. The summed E-state index contributed by atoms with van der Waals surface area (Å²) >= 11 is 0. The molecule has 2 bridgehead atoms. The summed E-state index contributed by atoms with van der Waals surface area (Å²) < 4.78 is 21.1. The summed E-state index contributed by atoms with van der Waals surface area (Å²) in [5, 5.41) is 0. The minimum Gasteiger partial charge on any atom is -0.373 e. The molecule has 1 aliphatic heterocycles. The van der Waals surface area contributed by atoms with Gasteiger partial charge in [0.2, 0.25) is 0 Å². The zero-order valence-electron chi connectivity index (χ0n) is 14.0. The first-order valence-corrected chi connectivity index (χ1v) is 8.82. The second-order valence-corrected chi connectivity index (χ2v) is 7.39. The average Bonchev–Trinajstić information content (AvgIpc) is 3.38. The number of hydrogen-bond acceptors (Lipinski definition) is 4. The normalized spacial score (nSPS) is 33.4. The minimum absolute atomic E-state index is 0.230. The van der Waals surface area contributed by atoms with Gasteiger partial charge in [-0.3, -0.25) is 9.69 Å². The topological polar surface area (TPSA) is 68.5 Å². The van der Waals surface area contributed by atoms with Crippen LogP contribution in [0, 0.1) is 17.7 Å². The van der Waals surface area contributed by atoms with Crippen LogP contribution in [0.3, 0.4) is 0 Å². The van der Waals surface area contributed by atoms with Gasteiger partial charge in [-0.1, -0.05) is 6.42 Å². The molecule has 3 atom stereocenters. The van der Waals surface area contributed by atoms with E-state index < -0.39 is 17.3 Å². The van der Waals surface area contributed by atoms with Crippen molar-refractivity contribution in [3.05, 3.63) is 29.3 Å². The largest absolute Gasteiger partial charge is 0.373 e. The zero-order chi connectivity index (χ0) is 16.9. The summed E-state index contributed by atoms with van der Waals surface area (Å²) in [6, 6.07) is 2.37. The number of ether oxygens (including phenoxy) is 1. The number of pyridine rings is 1. The van der Waals surface area contributed by atoms with Gasteiger partial charge >= 0.3 is 0 Å². The van der Waals surface area contributed by atoms with E-state index in [-0.39, 0.29) is 17.5 Å². The molecule has 1 amide bonds.